The summed E-state index contributed by atoms with van der Waals surface area (Å²) in [7, 11) is 0. The average molecular weight is 273 g/mol. The van der Waals surface area contributed by atoms with E-state index in [9.17, 15) is 9.59 Å². The fourth-order valence-corrected chi connectivity index (χ4v) is 2.96. The Hall–Kier alpha value is -2.21. The van der Waals surface area contributed by atoms with Crippen LogP contribution >= 0.6 is 11.3 Å². The molecular weight excluding hydrogens is 262 g/mol. The van der Waals surface area contributed by atoms with E-state index in [1.807, 2.05) is 18.2 Å². The number of Topliss-reactive ketones (excluding diaryl/α,β-unsaturated/α-hetero) is 1. The van der Waals surface area contributed by atoms with E-state index < -0.39 is 6.03 Å². The van der Waals surface area contributed by atoms with Gasteiger partial charge in [0, 0.05) is 18.4 Å². The molecule has 96 valence electrons. The fourth-order valence-electron chi connectivity index (χ4n) is 2.35. The summed E-state index contributed by atoms with van der Waals surface area (Å²) in [6.07, 6.45) is 1.56. The maximum atomic E-state index is 12.4. The molecule has 1 aliphatic heterocycles. The number of rotatable bonds is 2. The lowest BCUT2D eigenvalue weighted by molar-refractivity contribution is 0.0969. The normalized spacial score (nSPS) is 17.3. The van der Waals surface area contributed by atoms with Crippen LogP contribution in [-0.2, 0) is 0 Å². The summed E-state index contributed by atoms with van der Waals surface area (Å²) in [5.41, 5.74) is 8.55. The number of amides is 2. The molecule has 0 saturated carbocycles. The Bertz CT molecular complexity index is 639. The van der Waals surface area contributed by atoms with Gasteiger partial charge in [-0.1, -0.05) is 18.2 Å². The molecule has 0 fully saturated rings. The first-order valence-corrected chi connectivity index (χ1v) is 6.65. The molecule has 0 radical (unpaired) electrons. The van der Waals surface area contributed by atoms with Crippen molar-refractivity contribution in [3.8, 4) is 0 Å². The Labute approximate surface area is 113 Å². The summed E-state index contributed by atoms with van der Waals surface area (Å²) in [6, 6.07) is 6.82. The number of aromatic nitrogens is 1. The van der Waals surface area contributed by atoms with Gasteiger partial charge in [0.2, 0.25) is 0 Å². The zero-order chi connectivity index (χ0) is 13.4. The monoisotopic (exact) mass is 273 g/mol. The van der Waals surface area contributed by atoms with Gasteiger partial charge < -0.3 is 5.73 Å². The standard InChI is InChI=1S/C13H11N3O2S/c14-13(18)16-6-9(8-3-1-2-4-10(8)16)12(17)11-5-15-7-19-11/h1-5,7,9H,6H2,(H2,14,18). The van der Waals surface area contributed by atoms with Gasteiger partial charge in [0.05, 0.1) is 16.3 Å². The number of fused-ring (bicyclic) bond motifs is 1. The number of nitrogens with zero attached hydrogens (tertiary/aromatic N) is 2. The molecule has 2 N–H and O–H groups in total. The van der Waals surface area contributed by atoms with Gasteiger partial charge in [-0.05, 0) is 11.6 Å². The number of para-hydroxylation sites is 1. The predicted octanol–water partition coefficient (Wildman–Crippen LogP) is 2.01. The van der Waals surface area contributed by atoms with Crippen LogP contribution in [0, 0.1) is 0 Å². The lowest BCUT2D eigenvalue weighted by Gasteiger charge is -2.13. The third kappa shape index (κ3) is 1.90. The lowest BCUT2D eigenvalue weighted by Crippen LogP contribution is -2.35. The van der Waals surface area contributed by atoms with Crippen molar-refractivity contribution < 1.29 is 9.59 Å². The van der Waals surface area contributed by atoms with Gasteiger partial charge in [-0.15, -0.1) is 11.3 Å². The first-order chi connectivity index (χ1) is 9.18. The van der Waals surface area contributed by atoms with Crippen LogP contribution in [0.25, 0.3) is 0 Å². The maximum Gasteiger partial charge on any atom is 0.319 e. The van der Waals surface area contributed by atoms with Crippen molar-refractivity contribution in [3.05, 3.63) is 46.4 Å². The van der Waals surface area contributed by atoms with Crippen LogP contribution < -0.4 is 10.6 Å². The molecule has 2 heterocycles. The van der Waals surface area contributed by atoms with Crippen molar-refractivity contribution in [2.24, 2.45) is 5.73 Å². The molecule has 6 heteroatoms. The van der Waals surface area contributed by atoms with Gasteiger partial charge in [-0.3, -0.25) is 14.7 Å². The zero-order valence-electron chi connectivity index (χ0n) is 9.95. The Morgan fingerprint density at radius 1 is 1.37 bits per heavy atom. The van der Waals surface area contributed by atoms with Crippen LogP contribution in [0.2, 0.25) is 0 Å². The van der Waals surface area contributed by atoms with E-state index in [4.69, 9.17) is 5.73 Å². The van der Waals surface area contributed by atoms with Crippen LogP contribution in [0.4, 0.5) is 10.5 Å². The topological polar surface area (TPSA) is 76.3 Å². The van der Waals surface area contributed by atoms with Gasteiger partial charge in [0.15, 0.2) is 5.78 Å². The maximum absolute atomic E-state index is 12.4. The minimum absolute atomic E-state index is 0.0151. The summed E-state index contributed by atoms with van der Waals surface area (Å²) < 4.78 is 0. The molecule has 3 rings (SSSR count). The second-order valence-corrected chi connectivity index (χ2v) is 5.18. The molecule has 2 aromatic rings. The van der Waals surface area contributed by atoms with Crippen molar-refractivity contribution in [1.29, 1.82) is 0 Å². The number of hydrogen-bond donors (Lipinski definition) is 1. The first kappa shape index (κ1) is 11.9. The molecule has 1 aliphatic rings. The highest BCUT2D eigenvalue weighted by Gasteiger charge is 2.36. The van der Waals surface area contributed by atoms with Crippen molar-refractivity contribution in [3.63, 3.8) is 0 Å². The predicted molar refractivity (Wildman–Crippen MR) is 72.6 cm³/mol. The minimum Gasteiger partial charge on any atom is -0.351 e. The second-order valence-electron chi connectivity index (χ2n) is 4.29. The number of carbonyl (C=O) groups is 2. The number of carbonyl (C=O) groups excluding carboxylic acids is 2. The Morgan fingerprint density at radius 3 is 2.84 bits per heavy atom. The van der Waals surface area contributed by atoms with Crippen LogP contribution in [0.3, 0.4) is 0 Å². The summed E-state index contributed by atoms with van der Waals surface area (Å²) in [5, 5.41) is 0. The van der Waals surface area contributed by atoms with Crippen molar-refractivity contribution in [2.45, 2.75) is 5.92 Å². The number of ketones is 1. The summed E-state index contributed by atoms with van der Waals surface area (Å²) in [5.74, 6) is -0.372. The van der Waals surface area contributed by atoms with Gasteiger partial charge in [0.25, 0.3) is 0 Å². The van der Waals surface area contributed by atoms with Gasteiger partial charge in [0.1, 0.15) is 0 Å². The molecular formula is C13H11N3O2S. The third-order valence-electron chi connectivity index (χ3n) is 3.23. The Morgan fingerprint density at radius 2 is 2.16 bits per heavy atom. The average Bonchev–Trinajstić information content (AvgIpc) is 3.05. The van der Waals surface area contributed by atoms with Gasteiger partial charge in [-0.25, -0.2) is 4.79 Å². The zero-order valence-corrected chi connectivity index (χ0v) is 10.8. The summed E-state index contributed by atoms with van der Waals surface area (Å²) >= 11 is 1.31. The molecule has 1 aromatic heterocycles. The fraction of sp³-hybridized carbons (Fsp3) is 0.154. The quantitative estimate of drug-likeness (QED) is 0.850. The molecule has 0 bridgehead atoms. The smallest absolute Gasteiger partial charge is 0.319 e. The number of urea groups is 1. The van der Waals surface area contributed by atoms with Gasteiger partial charge >= 0.3 is 6.03 Å². The number of hydrogen-bond acceptors (Lipinski definition) is 4. The number of benzene rings is 1. The summed E-state index contributed by atoms with van der Waals surface area (Å²) in [6.45, 7) is 0.297. The highest BCUT2D eigenvalue weighted by Crippen LogP contribution is 2.38. The van der Waals surface area contributed by atoms with E-state index in [1.54, 1.807) is 17.8 Å². The number of primary amides is 1. The second kappa shape index (κ2) is 4.47. The molecule has 1 unspecified atom stereocenters. The molecule has 2 amide bonds. The molecule has 0 saturated heterocycles. The first-order valence-electron chi connectivity index (χ1n) is 5.77. The lowest BCUT2D eigenvalue weighted by atomic mass is 9.96. The van der Waals surface area contributed by atoms with Crippen LogP contribution in [0.15, 0.2) is 36.0 Å². The van der Waals surface area contributed by atoms with E-state index in [2.05, 4.69) is 4.98 Å². The molecule has 19 heavy (non-hydrogen) atoms. The number of anilines is 1. The van der Waals surface area contributed by atoms with Gasteiger partial charge in [-0.2, -0.15) is 0 Å². The van der Waals surface area contributed by atoms with E-state index in [1.165, 1.54) is 16.2 Å². The Kier molecular flexibility index (Phi) is 2.79. The third-order valence-corrected chi connectivity index (χ3v) is 4.01. The Balaban J connectivity index is 2.01. The van der Waals surface area contributed by atoms with E-state index in [0.29, 0.717) is 11.4 Å². The summed E-state index contributed by atoms with van der Waals surface area (Å²) in [4.78, 5) is 29.8. The van der Waals surface area contributed by atoms with Crippen LogP contribution in [-0.4, -0.2) is 23.3 Å². The van der Waals surface area contributed by atoms with Crippen molar-refractivity contribution in [2.75, 3.05) is 11.4 Å². The van der Waals surface area contributed by atoms with Crippen LogP contribution in [0.1, 0.15) is 21.2 Å². The molecule has 5 nitrogen and oxygen atoms in total. The highest BCUT2D eigenvalue weighted by molar-refractivity contribution is 7.11. The van der Waals surface area contributed by atoms with E-state index in [-0.39, 0.29) is 11.7 Å². The minimum atomic E-state index is -0.535. The van der Waals surface area contributed by atoms with E-state index >= 15 is 0 Å². The largest absolute Gasteiger partial charge is 0.351 e. The van der Waals surface area contributed by atoms with Crippen molar-refractivity contribution in [1.82, 2.24) is 4.98 Å². The SMILES string of the molecule is NC(=O)N1CC(C(=O)c2cncs2)c2ccccc21. The number of thiazole rings is 1. The number of nitrogens with two attached hydrogens (primary N) is 1. The van der Waals surface area contributed by atoms with Crippen molar-refractivity contribution >= 4 is 28.8 Å². The highest BCUT2D eigenvalue weighted by atomic mass is 32.1. The molecule has 0 aliphatic carbocycles. The van der Waals surface area contributed by atoms with E-state index in [0.717, 1.165) is 11.3 Å². The molecule has 0 spiro atoms. The van der Waals surface area contributed by atoms with Crippen LogP contribution in [0.5, 0.6) is 0 Å². The molecule has 1 atom stereocenters. The molecule has 1 aromatic carbocycles.